The minimum Gasteiger partial charge on any atom is -0.497 e. The van der Waals surface area contributed by atoms with Crippen molar-refractivity contribution >= 4 is 10.1 Å². The predicted octanol–water partition coefficient (Wildman–Crippen LogP) is 5.42. The lowest BCUT2D eigenvalue weighted by atomic mass is 9.65. The van der Waals surface area contributed by atoms with Crippen molar-refractivity contribution in [3.8, 4) is 11.5 Å². The van der Waals surface area contributed by atoms with Gasteiger partial charge in [0, 0.05) is 0 Å². The molecule has 32 heavy (non-hydrogen) atoms. The fourth-order valence-electron chi connectivity index (χ4n) is 4.15. The van der Waals surface area contributed by atoms with Crippen LogP contribution in [0.2, 0.25) is 0 Å². The van der Waals surface area contributed by atoms with E-state index in [0.717, 1.165) is 34.3 Å². The summed E-state index contributed by atoms with van der Waals surface area (Å²) >= 11 is 0. The average molecular weight is 445 g/mol. The number of ether oxygens (including phenoxy) is 1. The summed E-state index contributed by atoms with van der Waals surface area (Å²) in [6, 6.07) is 35.8. The van der Waals surface area contributed by atoms with Crippen LogP contribution in [0.3, 0.4) is 0 Å². The third kappa shape index (κ3) is 4.25. The van der Waals surface area contributed by atoms with Gasteiger partial charge in [-0.2, -0.15) is 8.42 Å². The summed E-state index contributed by atoms with van der Waals surface area (Å²) in [5.74, 6) is 1.06. The number of hydrogen-bond acceptors (Lipinski definition) is 4. The second-order valence-corrected chi connectivity index (χ2v) is 9.10. The van der Waals surface area contributed by atoms with Gasteiger partial charge >= 0.3 is 10.1 Å². The quantitative estimate of drug-likeness (QED) is 0.282. The molecule has 0 aliphatic carbocycles. The maximum absolute atomic E-state index is 11.6. The summed E-state index contributed by atoms with van der Waals surface area (Å²) in [7, 11) is -1.95. The van der Waals surface area contributed by atoms with Crippen LogP contribution in [0, 0.1) is 0 Å². The third-order valence-electron chi connectivity index (χ3n) is 5.47. The topological polar surface area (TPSA) is 52.6 Å². The highest BCUT2D eigenvalue weighted by molar-refractivity contribution is 7.86. The lowest BCUT2D eigenvalue weighted by Gasteiger charge is -2.37. The molecule has 4 aromatic rings. The van der Waals surface area contributed by atoms with E-state index >= 15 is 0 Å². The fourth-order valence-corrected chi connectivity index (χ4v) is 4.61. The molecule has 0 atom stereocenters. The highest BCUT2D eigenvalue weighted by Gasteiger charge is 2.38. The van der Waals surface area contributed by atoms with E-state index in [-0.39, 0.29) is 5.75 Å². The monoisotopic (exact) mass is 444 g/mol. The first-order valence-electron chi connectivity index (χ1n) is 10.2. The molecule has 0 radical (unpaired) electrons. The Balaban J connectivity index is 2.00. The zero-order valence-electron chi connectivity index (χ0n) is 17.9. The Hall–Kier alpha value is -3.57. The molecule has 0 heterocycles. The third-order valence-corrected chi connectivity index (χ3v) is 5.97. The molecule has 0 saturated carbocycles. The van der Waals surface area contributed by atoms with Gasteiger partial charge in [-0.3, -0.25) is 0 Å². The normalized spacial score (nSPS) is 11.7. The van der Waals surface area contributed by atoms with Crippen LogP contribution >= 0.6 is 0 Å². The molecule has 162 valence electrons. The smallest absolute Gasteiger partial charge is 0.306 e. The standard InChI is InChI=1S/C27H24O4S/c1-30-25-17-13-23(14-18-25)27(21-9-5-3-6-10-21,22-11-7-4-8-12-22)24-15-19-26(20-16-24)31-32(2,28)29/h3-20H,1-2H3. The predicted molar refractivity (Wildman–Crippen MR) is 127 cm³/mol. The van der Waals surface area contributed by atoms with E-state index in [1.165, 1.54) is 0 Å². The van der Waals surface area contributed by atoms with Crippen molar-refractivity contribution in [3.63, 3.8) is 0 Å². The van der Waals surface area contributed by atoms with Gasteiger partial charge in [-0.1, -0.05) is 84.9 Å². The summed E-state index contributed by atoms with van der Waals surface area (Å²) in [6.45, 7) is 0. The summed E-state index contributed by atoms with van der Waals surface area (Å²) in [4.78, 5) is 0. The van der Waals surface area contributed by atoms with Crippen LogP contribution in [0.15, 0.2) is 109 Å². The van der Waals surface area contributed by atoms with Crippen molar-refractivity contribution < 1.29 is 17.3 Å². The van der Waals surface area contributed by atoms with E-state index in [1.807, 2.05) is 60.7 Å². The van der Waals surface area contributed by atoms with E-state index in [4.69, 9.17) is 8.92 Å². The number of rotatable bonds is 7. The van der Waals surface area contributed by atoms with E-state index < -0.39 is 15.5 Å². The van der Waals surface area contributed by atoms with Gasteiger partial charge in [0.15, 0.2) is 0 Å². The van der Waals surface area contributed by atoms with Crippen LogP contribution in [0.5, 0.6) is 11.5 Å². The van der Waals surface area contributed by atoms with Gasteiger partial charge in [-0.15, -0.1) is 0 Å². The van der Waals surface area contributed by atoms with Gasteiger partial charge in [-0.25, -0.2) is 0 Å². The van der Waals surface area contributed by atoms with Gasteiger partial charge in [0.25, 0.3) is 0 Å². The van der Waals surface area contributed by atoms with Crippen molar-refractivity contribution in [2.75, 3.05) is 13.4 Å². The molecule has 4 aromatic carbocycles. The van der Waals surface area contributed by atoms with Crippen molar-refractivity contribution in [1.82, 2.24) is 0 Å². The number of benzene rings is 4. The molecule has 0 aromatic heterocycles. The highest BCUT2D eigenvalue weighted by atomic mass is 32.2. The maximum atomic E-state index is 11.6. The number of methoxy groups -OCH3 is 1. The van der Waals surface area contributed by atoms with Crippen molar-refractivity contribution in [2.45, 2.75) is 5.41 Å². The lowest BCUT2D eigenvalue weighted by molar-refractivity contribution is 0.414. The summed E-state index contributed by atoms with van der Waals surface area (Å²) in [5, 5.41) is 0. The van der Waals surface area contributed by atoms with E-state index in [9.17, 15) is 8.42 Å². The number of hydrogen-bond donors (Lipinski definition) is 0. The average Bonchev–Trinajstić information content (AvgIpc) is 2.81. The molecular weight excluding hydrogens is 420 g/mol. The minimum atomic E-state index is -3.60. The van der Waals surface area contributed by atoms with Gasteiger partial charge in [-0.05, 0) is 46.5 Å². The molecule has 4 nitrogen and oxygen atoms in total. The van der Waals surface area contributed by atoms with Gasteiger partial charge < -0.3 is 8.92 Å². The van der Waals surface area contributed by atoms with Crippen LogP contribution in [0.4, 0.5) is 0 Å². The second-order valence-electron chi connectivity index (χ2n) is 7.52. The first-order valence-corrected chi connectivity index (χ1v) is 12.0. The molecule has 0 spiro atoms. The van der Waals surface area contributed by atoms with E-state index in [1.54, 1.807) is 19.2 Å². The van der Waals surface area contributed by atoms with Crippen LogP contribution < -0.4 is 8.92 Å². The molecule has 5 heteroatoms. The Bertz CT molecular complexity index is 1230. The van der Waals surface area contributed by atoms with Crippen LogP contribution in [-0.4, -0.2) is 21.8 Å². The van der Waals surface area contributed by atoms with E-state index in [0.29, 0.717) is 0 Å². The Labute approximate surface area is 189 Å². The SMILES string of the molecule is COc1ccc(C(c2ccccc2)(c2ccccc2)c2ccc(OS(C)(=O)=O)cc2)cc1. The first kappa shape index (κ1) is 21.7. The van der Waals surface area contributed by atoms with Crippen molar-refractivity contribution in [3.05, 3.63) is 131 Å². The molecule has 0 fully saturated rings. The Kier molecular flexibility index (Phi) is 6.01. The van der Waals surface area contributed by atoms with Crippen LogP contribution in [-0.2, 0) is 15.5 Å². The molecular formula is C27H24O4S. The zero-order valence-corrected chi connectivity index (χ0v) is 18.8. The highest BCUT2D eigenvalue weighted by Crippen LogP contribution is 2.45. The first-order chi connectivity index (χ1) is 15.4. The molecule has 0 amide bonds. The fraction of sp³-hybridized carbons (Fsp3) is 0.111. The van der Waals surface area contributed by atoms with Crippen molar-refractivity contribution in [1.29, 1.82) is 0 Å². The summed E-state index contributed by atoms with van der Waals surface area (Å²) in [5.41, 5.74) is 3.60. The molecule has 0 saturated heterocycles. The Morgan fingerprint density at radius 1 is 0.562 bits per heavy atom. The zero-order chi connectivity index (χ0) is 22.6. The molecule has 0 aliphatic heterocycles. The maximum Gasteiger partial charge on any atom is 0.306 e. The molecule has 0 bridgehead atoms. The Morgan fingerprint density at radius 3 is 1.31 bits per heavy atom. The lowest BCUT2D eigenvalue weighted by Crippen LogP contribution is -2.31. The van der Waals surface area contributed by atoms with Crippen molar-refractivity contribution in [2.24, 2.45) is 0 Å². The second kappa shape index (κ2) is 8.89. The van der Waals surface area contributed by atoms with Crippen LogP contribution in [0.1, 0.15) is 22.3 Å². The largest absolute Gasteiger partial charge is 0.497 e. The van der Waals surface area contributed by atoms with Crippen LogP contribution in [0.25, 0.3) is 0 Å². The van der Waals surface area contributed by atoms with Gasteiger partial charge in [0.2, 0.25) is 0 Å². The molecule has 0 N–H and O–H groups in total. The van der Waals surface area contributed by atoms with Gasteiger partial charge in [0.05, 0.1) is 18.8 Å². The van der Waals surface area contributed by atoms with E-state index in [2.05, 4.69) is 36.4 Å². The molecule has 0 aliphatic rings. The summed E-state index contributed by atoms with van der Waals surface area (Å²) in [6.07, 6.45) is 1.04. The van der Waals surface area contributed by atoms with Gasteiger partial charge in [0.1, 0.15) is 11.5 Å². The molecule has 0 unspecified atom stereocenters. The minimum absolute atomic E-state index is 0.279. The molecule has 4 rings (SSSR count). The Morgan fingerprint density at radius 2 is 0.938 bits per heavy atom. The summed E-state index contributed by atoms with van der Waals surface area (Å²) < 4.78 is 33.6.